The molecule has 0 bridgehead atoms. The molecule has 0 saturated carbocycles. The molecule has 0 aliphatic carbocycles. The van der Waals surface area contributed by atoms with E-state index in [9.17, 15) is 9.50 Å². The number of nitrogens with zero attached hydrogens (tertiary/aromatic N) is 2. The van der Waals surface area contributed by atoms with Crippen LogP contribution in [0.15, 0.2) is 29.3 Å². The lowest BCUT2D eigenvalue weighted by Gasteiger charge is -2.27. The van der Waals surface area contributed by atoms with Crippen LogP contribution in [0.4, 0.5) is 4.39 Å². The van der Waals surface area contributed by atoms with Crippen molar-refractivity contribution in [3.05, 3.63) is 35.6 Å². The van der Waals surface area contributed by atoms with E-state index in [1.54, 1.807) is 18.2 Å². The van der Waals surface area contributed by atoms with Crippen LogP contribution < -0.4 is 5.32 Å². The molecule has 1 saturated heterocycles. The first kappa shape index (κ1) is 23.1. The quantitative estimate of drug-likeness (QED) is 0.359. The number of aliphatic hydroxyl groups is 1. The molecule has 26 heavy (non-hydrogen) atoms. The molecule has 1 atom stereocenters. The Hall–Kier alpha value is -0.930. The van der Waals surface area contributed by atoms with Gasteiger partial charge in [0.15, 0.2) is 5.96 Å². The van der Waals surface area contributed by atoms with Gasteiger partial charge in [0, 0.05) is 38.9 Å². The normalized spacial score (nSPS) is 16.7. The standard InChI is InChI=1S/C19H30FN3O2.HI/c1-3-21-19(23(2)11-8-15-9-12-25-13-10-15)22-14-18(24)16-6-4-5-7-17(16)20;/h4-7,15,18,24H,3,8-14H2,1-2H3,(H,21,22);1H. The van der Waals surface area contributed by atoms with Crippen molar-refractivity contribution in [1.29, 1.82) is 0 Å². The SMILES string of the molecule is CCNC(=NCC(O)c1ccccc1F)N(C)CCC1CCOCC1.I. The molecule has 1 heterocycles. The molecule has 1 aliphatic heterocycles. The second-order valence-corrected chi connectivity index (χ2v) is 6.50. The zero-order valence-electron chi connectivity index (χ0n) is 15.7. The number of ether oxygens (including phenoxy) is 1. The fourth-order valence-corrected chi connectivity index (χ4v) is 3.00. The number of aliphatic hydroxyl groups excluding tert-OH is 1. The van der Waals surface area contributed by atoms with E-state index in [0.29, 0.717) is 5.92 Å². The first-order chi connectivity index (χ1) is 12.1. The summed E-state index contributed by atoms with van der Waals surface area (Å²) in [6, 6.07) is 6.28. The van der Waals surface area contributed by atoms with E-state index in [4.69, 9.17) is 4.74 Å². The largest absolute Gasteiger partial charge is 0.386 e. The maximum Gasteiger partial charge on any atom is 0.193 e. The summed E-state index contributed by atoms with van der Waals surface area (Å²) >= 11 is 0. The molecule has 1 aromatic carbocycles. The summed E-state index contributed by atoms with van der Waals surface area (Å²) in [7, 11) is 2.00. The smallest absolute Gasteiger partial charge is 0.193 e. The van der Waals surface area contributed by atoms with Crippen molar-refractivity contribution in [3.8, 4) is 0 Å². The van der Waals surface area contributed by atoms with Crippen LogP contribution in [-0.2, 0) is 4.74 Å². The van der Waals surface area contributed by atoms with Crippen molar-refractivity contribution < 1.29 is 14.2 Å². The average molecular weight is 479 g/mol. The third-order valence-corrected chi connectivity index (χ3v) is 4.59. The van der Waals surface area contributed by atoms with Crippen LogP contribution in [0.1, 0.15) is 37.9 Å². The Morgan fingerprint density at radius 2 is 2.08 bits per heavy atom. The Labute approximate surface area is 173 Å². The molecule has 1 fully saturated rings. The number of hydrogen-bond donors (Lipinski definition) is 2. The molecule has 1 aromatic rings. The van der Waals surface area contributed by atoms with Gasteiger partial charge < -0.3 is 20.1 Å². The summed E-state index contributed by atoms with van der Waals surface area (Å²) in [6.45, 7) is 5.50. The highest BCUT2D eigenvalue weighted by molar-refractivity contribution is 14.0. The van der Waals surface area contributed by atoms with E-state index >= 15 is 0 Å². The van der Waals surface area contributed by atoms with Crippen LogP contribution in [0.2, 0.25) is 0 Å². The monoisotopic (exact) mass is 479 g/mol. The van der Waals surface area contributed by atoms with Crippen LogP contribution in [0, 0.1) is 11.7 Å². The maximum atomic E-state index is 13.8. The van der Waals surface area contributed by atoms with E-state index in [2.05, 4.69) is 15.2 Å². The van der Waals surface area contributed by atoms with E-state index < -0.39 is 11.9 Å². The minimum Gasteiger partial charge on any atom is -0.386 e. The molecule has 0 spiro atoms. The fraction of sp³-hybridized carbons (Fsp3) is 0.632. The number of benzene rings is 1. The maximum absolute atomic E-state index is 13.8. The summed E-state index contributed by atoms with van der Waals surface area (Å²) < 4.78 is 19.2. The van der Waals surface area contributed by atoms with Gasteiger partial charge in [-0.15, -0.1) is 24.0 Å². The molecule has 5 nitrogen and oxygen atoms in total. The van der Waals surface area contributed by atoms with Gasteiger partial charge in [-0.05, 0) is 38.2 Å². The average Bonchev–Trinajstić information content (AvgIpc) is 2.64. The van der Waals surface area contributed by atoms with Crippen molar-refractivity contribution in [3.63, 3.8) is 0 Å². The molecule has 7 heteroatoms. The van der Waals surface area contributed by atoms with Gasteiger partial charge in [0.25, 0.3) is 0 Å². The van der Waals surface area contributed by atoms with Gasteiger partial charge in [0.05, 0.1) is 6.54 Å². The number of halogens is 2. The van der Waals surface area contributed by atoms with E-state index in [0.717, 1.165) is 51.5 Å². The lowest BCUT2D eigenvalue weighted by atomic mass is 9.96. The molecular formula is C19H31FIN3O2. The predicted molar refractivity (Wildman–Crippen MR) is 114 cm³/mol. The Balaban J connectivity index is 0.00000338. The van der Waals surface area contributed by atoms with Crippen molar-refractivity contribution >= 4 is 29.9 Å². The summed E-state index contributed by atoms with van der Waals surface area (Å²) in [4.78, 5) is 6.56. The van der Waals surface area contributed by atoms with Crippen LogP contribution in [0.25, 0.3) is 0 Å². The number of nitrogens with one attached hydrogen (secondary N) is 1. The summed E-state index contributed by atoms with van der Waals surface area (Å²) in [5, 5.41) is 13.5. The highest BCUT2D eigenvalue weighted by atomic mass is 127. The first-order valence-corrected chi connectivity index (χ1v) is 9.11. The number of aliphatic imine (C=N–C) groups is 1. The Bertz CT molecular complexity index is 553. The summed E-state index contributed by atoms with van der Waals surface area (Å²) in [5.41, 5.74) is 0.284. The molecule has 1 unspecified atom stereocenters. The zero-order valence-corrected chi connectivity index (χ0v) is 18.0. The molecule has 2 rings (SSSR count). The highest BCUT2D eigenvalue weighted by Gasteiger charge is 2.16. The molecule has 1 aliphatic rings. The second-order valence-electron chi connectivity index (χ2n) is 6.50. The Morgan fingerprint density at radius 3 is 2.73 bits per heavy atom. The summed E-state index contributed by atoms with van der Waals surface area (Å²) in [6.07, 6.45) is 2.39. The lowest BCUT2D eigenvalue weighted by molar-refractivity contribution is 0.0625. The zero-order chi connectivity index (χ0) is 18.1. The van der Waals surface area contributed by atoms with Crippen LogP contribution in [0.3, 0.4) is 0 Å². The van der Waals surface area contributed by atoms with Gasteiger partial charge in [0.1, 0.15) is 11.9 Å². The van der Waals surface area contributed by atoms with Gasteiger partial charge in [0.2, 0.25) is 0 Å². The van der Waals surface area contributed by atoms with Crippen molar-refractivity contribution in [1.82, 2.24) is 10.2 Å². The molecular weight excluding hydrogens is 448 g/mol. The fourth-order valence-electron chi connectivity index (χ4n) is 3.00. The predicted octanol–water partition coefficient (Wildman–Crippen LogP) is 3.19. The van der Waals surface area contributed by atoms with Crippen LogP contribution >= 0.6 is 24.0 Å². The minimum absolute atomic E-state index is 0. The van der Waals surface area contributed by atoms with Crippen LogP contribution in [-0.4, -0.2) is 55.9 Å². The third-order valence-electron chi connectivity index (χ3n) is 4.59. The Kier molecular flexibility index (Phi) is 11.1. The summed E-state index contributed by atoms with van der Waals surface area (Å²) in [5.74, 6) is 1.04. The van der Waals surface area contributed by atoms with E-state index in [1.165, 1.54) is 6.07 Å². The van der Waals surface area contributed by atoms with Crippen molar-refractivity contribution in [2.45, 2.75) is 32.3 Å². The van der Waals surface area contributed by atoms with Gasteiger partial charge in [-0.3, -0.25) is 4.99 Å². The second kappa shape index (κ2) is 12.5. The third kappa shape index (κ3) is 7.36. The number of rotatable bonds is 7. The van der Waals surface area contributed by atoms with Gasteiger partial charge in [-0.2, -0.15) is 0 Å². The molecule has 2 N–H and O–H groups in total. The van der Waals surface area contributed by atoms with Crippen molar-refractivity contribution in [2.24, 2.45) is 10.9 Å². The van der Waals surface area contributed by atoms with Gasteiger partial charge in [-0.25, -0.2) is 4.39 Å². The van der Waals surface area contributed by atoms with Crippen LogP contribution in [0.5, 0.6) is 0 Å². The van der Waals surface area contributed by atoms with Crippen molar-refractivity contribution in [2.75, 3.05) is 39.9 Å². The van der Waals surface area contributed by atoms with Gasteiger partial charge >= 0.3 is 0 Å². The lowest BCUT2D eigenvalue weighted by Crippen LogP contribution is -2.40. The molecule has 0 amide bonds. The van der Waals surface area contributed by atoms with Gasteiger partial charge in [-0.1, -0.05) is 18.2 Å². The molecule has 0 radical (unpaired) electrons. The Morgan fingerprint density at radius 1 is 1.38 bits per heavy atom. The molecule has 148 valence electrons. The highest BCUT2D eigenvalue weighted by Crippen LogP contribution is 2.19. The van der Waals surface area contributed by atoms with E-state index in [1.807, 2.05) is 14.0 Å². The number of hydrogen-bond acceptors (Lipinski definition) is 3. The number of guanidine groups is 1. The molecule has 0 aromatic heterocycles. The first-order valence-electron chi connectivity index (χ1n) is 9.11. The topological polar surface area (TPSA) is 57.1 Å². The van der Waals surface area contributed by atoms with E-state index in [-0.39, 0.29) is 36.1 Å². The minimum atomic E-state index is -0.946.